The first-order valence-corrected chi connectivity index (χ1v) is 6.19. The van der Waals surface area contributed by atoms with Crippen molar-refractivity contribution < 1.29 is 14.6 Å². The molecule has 2 rings (SSSR count). The van der Waals surface area contributed by atoms with Crippen molar-refractivity contribution in [3.8, 4) is 11.5 Å². The molecule has 0 aliphatic heterocycles. The Morgan fingerprint density at radius 2 is 1.52 bits per heavy atom. The van der Waals surface area contributed by atoms with Crippen LogP contribution in [0.2, 0.25) is 10.0 Å². The van der Waals surface area contributed by atoms with Crippen LogP contribution in [0.15, 0.2) is 36.4 Å². The van der Waals surface area contributed by atoms with Crippen LogP contribution in [0.25, 0.3) is 0 Å². The zero-order valence-electron chi connectivity index (χ0n) is 10.2. The number of ether oxygens (including phenoxy) is 1. The third kappa shape index (κ3) is 3.59. The quantitative estimate of drug-likeness (QED) is 0.603. The van der Waals surface area contributed by atoms with Gasteiger partial charge in [-0.1, -0.05) is 23.2 Å². The lowest BCUT2D eigenvalue weighted by Crippen LogP contribution is -1.96. The Morgan fingerprint density at radius 3 is 2.05 bits per heavy atom. The summed E-state index contributed by atoms with van der Waals surface area (Å²) in [6, 6.07) is 7.37. The maximum Gasteiger partial charge on any atom is 0.318 e. The van der Waals surface area contributed by atoms with Crippen LogP contribution in [0.5, 0.6) is 11.5 Å². The van der Waals surface area contributed by atoms with Crippen LogP contribution in [-0.2, 0) is 0 Å². The fraction of sp³-hybridized carbons (Fsp3) is 0. The molecule has 0 saturated carbocycles. The minimum absolute atomic E-state index is 0.149. The highest BCUT2D eigenvalue weighted by atomic mass is 35.5. The van der Waals surface area contributed by atoms with Crippen LogP contribution in [0.1, 0.15) is 0 Å². The molecule has 9 heteroatoms. The largest absolute Gasteiger partial charge is 0.450 e. The molecule has 0 aliphatic rings. The molecule has 21 heavy (non-hydrogen) atoms. The van der Waals surface area contributed by atoms with E-state index in [2.05, 4.69) is 0 Å². The number of benzene rings is 2. The Kier molecular flexibility index (Phi) is 4.25. The van der Waals surface area contributed by atoms with Gasteiger partial charge >= 0.3 is 5.69 Å². The van der Waals surface area contributed by atoms with Gasteiger partial charge in [-0.3, -0.25) is 20.2 Å². The van der Waals surface area contributed by atoms with Crippen LogP contribution < -0.4 is 4.74 Å². The van der Waals surface area contributed by atoms with Crippen molar-refractivity contribution in [1.29, 1.82) is 0 Å². The molecule has 0 radical (unpaired) electrons. The number of halogens is 2. The molecule has 2 aromatic carbocycles. The molecule has 0 atom stereocenters. The van der Waals surface area contributed by atoms with E-state index in [0.717, 1.165) is 18.2 Å². The predicted molar refractivity (Wildman–Crippen MR) is 76.3 cm³/mol. The van der Waals surface area contributed by atoms with Crippen LogP contribution in [0.3, 0.4) is 0 Å². The Morgan fingerprint density at radius 1 is 0.905 bits per heavy atom. The molecule has 0 heterocycles. The van der Waals surface area contributed by atoms with Gasteiger partial charge in [0.15, 0.2) is 0 Å². The van der Waals surface area contributed by atoms with E-state index in [4.69, 9.17) is 27.9 Å². The van der Waals surface area contributed by atoms with E-state index in [1.165, 1.54) is 18.2 Å². The Hall–Kier alpha value is -2.38. The summed E-state index contributed by atoms with van der Waals surface area (Å²) in [4.78, 5) is 20.1. The van der Waals surface area contributed by atoms with Crippen molar-refractivity contribution in [2.24, 2.45) is 0 Å². The molecular formula is C12H6Cl2N2O5. The highest BCUT2D eigenvalue weighted by molar-refractivity contribution is 6.34. The molecule has 0 aromatic heterocycles. The van der Waals surface area contributed by atoms with E-state index in [1.807, 2.05) is 0 Å². The van der Waals surface area contributed by atoms with Gasteiger partial charge in [0.25, 0.3) is 5.69 Å². The van der Waals surface area contributed by atoms with Crippen molar-refractivity contribution in [2.45, 2.75) is 0 Å². The number of non-ortho nitro benzene ring substituents is 1. The lowest BCUT2D eigenvalue weighted by Gasteiger charge is -2.07. The van der Waals surface area contributed by atoms with Crippen LogP contribution in [-0.4, -0.2) is 9.85 Å². The van der Waals surface area contributed by atoms with Gasteiger partial charge in [-0.05, 0) is 24.3 Å². The molecule has 0 bridgehead atoms. The lowest BCUT2D eigenvalue weighted by atomic mass is 10.2. The summed E-state index contributed by atoms with van der Waals surface area (Å²) in [5, 5.41) is 22.2. The van der Waals surface area contributed by atoms with Gasteiger partial charge in [-0.2, -0.15) is 0 Å². The monoisotopic (exact) mass is 328 g/mol. The number of hydrogen-bond acceptors (Lipinski definition) is 5. The normalized spacial score (nSPS) is 10.2. The third-order valence-corrected chi connectivity index (χ3v) is 2.85. The van der Waals surface area contributed by atoms with Gasteiger partial charge in [-0.15, -0.1) is 0 Å². The van der Waals surface area contributed by atoms with Crippen molar-refractivity contribution >= 4 is 34.6 Å². The Labute approximate surface area is 128 Å². The summed E-state index contributed by atoms with van der Waals surface area (Å²) in [6.45, 7) is 0. The van der Waals surface area contributed by atoms with Gasteiger partial charge in [0.2, 0.25) is 5.75 Å². The maximum atomic E-state index is 11.0. The first-order valence-electron chi connectivity index (χ1n) is 5.43. The highest BCUT2D eigenvalue weighted by Crippen LogP contribution is 2.35. The third-order valence-electron chi connectivity index (χ3n) is 2.41. The molecular weight excluding hydrogens is 323 g/mol. The minimum Gasteiger partial charge on any atom is -0.450 e. The topological polar surface area (TPSA) is 95.5 Å². The van der Waals surface area contributed by atoms with Crippen LogP contribution in [0.4, 0.5) is 11.4 Å². The summed E-state index contributed by atoms with van der Waals surface area (Å²) in [6.07, 6.45) is 0. The Balaban J connectivity index is 2.43. The van der Waals surface area contributed by atoms with Crippen LogP contribution in [0, 0.1) is 20.2 Å². The summed E-state index contributed by atoms with van der Waals surface area (Å²) in [5.74, 6) is 0.0355. The second kappa shape index (κ2) is 5.94. The zero-order chi connectivity index (χ0) is 15.6. The number of nitro benzene ring substituents is 2. The summed E-state index contributed by atoms with van der Waals surface area (Å²) < 4.78 is 5.33. The van der Waals surface area contributed by atoms with E-state index in [9.17, 15) is 20.2 Å². The fourth-order valence-corrected chi connectivity index (χ4v) is 2.07. The summed E-state index contributed by atoms with van der Waals surface area (Å²) in [7, 11) is 0. The standard InChI is InChI=1S/C12H6Cl2N2O5/c13-7-3-8(14)5-10(4-7)21-12-2-1-9(15(17)18)6-11(12)16(19)20/h1-6H. The van der Waals surface area contributed by atoms with E-state index in [-0.39, 0.29) is 11.5 Å². The fourth-order valence-electron chi connectivity index (χ4n) is 1.56. The minimum atomic E-state index is -0.769. The summed E-state index contributed by atoms with van der Waals surface area (Å²) in [5.41, 5.74) is -0.932. The van der Waals surface area contributed by atoms with Gasteiger partial charge in [-0.25, -0.2) is 0 Å². The van der Waals surface area contributed by atoms with E-state index >= 15 is 0 Å². The molecule has 108 valence electrons. The molecule has 2 aromatic rings. The first kappa shape index (κ1) is 15.0. The smallest absolute Gasteiger partial charge is 0.318 e. The zero-order valence-corrected chi connectivity index (χ0v) is 11.7. The van der Waals surface area contributed by atoms with Gasteiger partial charge in [0, 0.05) is 16.1 Å². The van der Waals surface area contributed by atoms with Gasteiger partial charge in [0.05, 0.1) is 15.9 Å². The van der Waals surface area contributed by atoms with Crippen molar-refractivity contribution in [1.82, 2.24) is 0 Å². The molecule has 0 amide bonds. The first-order chi connectivity index (χ1) is 9.86. The second-order valence-electron chi connectivity index (χ2n) is 3.87. The Bertz CT molecular complexity index is 715. The molecule has 0 spiro atoms. The van der Waals surface area contributed by atoms with Crippen LogP contribution >= 0.6 is 23.2 Å². The highest BCUT2D eigenvalue weighted by Gasteiger charge is 2.21. The average Bonchev–Trinajstić information content (AvgIpc) is 2.37. The average molecular weight is 329 g/mol. The maximum absolute atomic E-state index is 11.0. The van der Waals surface area contributed by atoms with Crippen molar-refractivity contribution in [2.75, 3.05) is 0 Å². The summed E-state index contributed by atoms with van der Waals surface area (Å²) >= 11 is 11.6. The predicted octanol–water partition coefficient (Wildman–Crippen LogP) is 4.60. The molecule has 0 unspecified atom stereocenters. The molecule has 0 fully saturated rings. The van der Waals surface area contributed by atoms with Crippen molar-refractivity contribution in [3.05, 3.63) is 66.7 Å². The van der Waals surface area contributed by atoms with E-state index in [0.29, 0.717) is 10.0 Å². The number of rotatable bonds is 4. The van der Waals surface area contributed by atoms with Gasteiger partial charge < -0.3 is 4.74 Å². The second-order valence-corrected chi connectivity index (χ2v) is 4.75. The molecule has 0 saturated heterocycles. The number of nitro groups is 2. The number of hydrogen-bond donors (Lipinski definition) is 0. The SMILES string of the molecule is O=[N+]([O-])c1ccc(Oc2cc(Cl)cc(Cl)c2)c([N+](=O)[O-])c1. The molecule has 7 nitrogen and oxygen atoms in total. The molecule has 0 N–H and O–H groups in total. The van der Waals surface area contributed by atoms with E-state index < -0.39 is 21.2 Å². The van der Waals surface area contributed by atoms with Gasteiger partial charge in [0.1, 0.15) is 5.75 Å². The number of nitrogens with zero attached hydrogens (tertiary/aromatic N) is 2. The van der Waals surface area contributed by atoms with E-state index in [1.54, 1.807) is 0 Å². The molecule has 0 aliphatic carbocycles. The van der Waals surface area contributed by atoms with Crippen molar-refractivity contribution in [3.63, 3.8) is 0 Å². The lowest BCUT2D eigenvalue weighted by molar-refractivity contribution is -0.394.